The van der Waals surface area contributed by atoms with Crippen LogP contribution in [0.1, 0.15) is 82.2 Å². The van der Waals surface area contributed by atoms with Crippen LogP contribution in [-0.4, -0.2) is 159 Å². The van der Waals surface area contributed by atoms with E-state index < -0.39 is 126 Å². The van der Waals surface area contributed by atoms with E-state index in [-0.39, 0.29) is 41.0 Å². The summed E-state index contributed by atoms with van der Waals surface area (Å²) >= 11 is 0. The fourth-order valence-electron chi connectivity index (χ4n) is 7.96. The van der Waals surface area contributed by atoms with Crippen LogP contribution in [0.15, 0.2) is 18.2 Å². The Hall–Kier alpha value is -4.08. The summed E-state index contributed by atoms with van der Waals surface area (Å²) in [6.45, 7) is 3.01. The van der Waals surface area contributed by atoms with E-state index in [4.69, 9.17) is 18.9 Å². The molecule has 0 spiro atoms. The van der Waals surface area contributed by atoms with Crippen LogP contribution in [-0.2, 0) is 30.2 Å². The Labute approximate surface area is 321 Å². The van der Waals surface area contributed by atoms with E-state index in [1.807, 2.05) is 19.0 Å². The largest absolute Gasteiger partial charge is 0.507 e. The molecule has 2 aromatic rings. The number of hydrogen-bond acceptors (Lipinski definition) is 17. The normalized spacial score (nSPS) is 32.5. The average molecular weight is 788 g/mol. The van der Waals surface area contributed by atoms with Crippen molar-refractivity contribution in [1.29, 1.82) is 0 Å². The second-order valence-electron chi connectivity index (χ2n) is 15.2. The van der Waals surface area contributed by atoms with Gasteiger partial charge in [0.25, 0.3) is 5.91 Å². The fourth-order valence-corrected chi connectivity index (χ4v) is 7.96. The maximum absolute atomic E-state index is 13.9. The maximum atomic E-state index is 13.9. The highest BCUT2D eigenvalue weighted by Gasteiger charge is 2.56. The standard InChI is InChI=1S/C38H49N3O15/c1-16-28(43)20(40-15-38(52)35(49)33(48)34(56-38)36(50)39-10-7-11-41(3)4)12-23(54-16)55-22-14-37(51,17(2)42)13-19-25(22)32(47)27-26(30(19)45)29(44)18-8-6-9-21(53-5)24(18)31(27)46/h6,8-9,16,20,22-23,28,33-35,40,43,45,47-49,51-52H,7,10-15H2,1-5H3,(H,39,50)/t16-,20+,22+,23-,28+,33+,34+,35+,37-,38+/m0/s1. The van der Waals surface area contributed by atoms with Gasteiger partial charge in [-0.25, -0.2) is 0 Å². The van der Waals surface area contributed by atoms with Gasteiger partial charge in [-0.3, -0.25) is 19.2 Å². The summed E-state index contributed by atoms with van der Waals surface area (Å²) in [6, 6.07) is 3.37. The third-order valence-corrected chi connectivity index (χ3v) is 11.1. The van der Waals surface area contributed by atoms with Gasteiger partial charge >= 0.3 is 0 Å². The highest BCUT2D eigenvalue weighted by atomic mass is 16.7. The van der Waals surface area contributed by atoms with Crippen LogP contribution in [0.3, 0.4) is 0 Å². The van der Waals surface area contributed by atoms with Gasteiger partial charge in [-0.1, -0.05) is 12.1 Å². The summed E-state index contributed by atoms with van der Waals surface area (Å²) in [7, 11) is 5.05. The quantitative estimate of drug-likeness (QED) is 0.0749. The molecule has 18 nitrogen and oxygen atoms in total. The van der Waals surface area contributed by atoms with Crippen LogP contribution in [0.4, 0.5) is 0 Å². The van der Waals surface area contributed by atoms with Crippen LogP contribution in [0.2, 0.25) is 0 Å². The fraction of sp³-hybridized carbons (Fsp3) is 0.579. The first-order valence-electron chi connectivity index (χ1n) is 18.3. The van der Waals surface area contributed by atoms with Crippen molar-refractivity contribution in [2.24, 2.45) is 0 Å². The smallest absolute Gasteiger partial charge is 0.252 e. The Morgan fingerprint density at radius 1 is 1.02 bits per heavy atom. The summed E-state index contributed by atoms with van der Waals surface area (Å²) < 4.78 is 23.0. The molecule has 0 radical (unpaired) electrons. The van der Waals surface area contributed by atoms with Crippen LogP contribution in [0.5, 0.6) is 17.2 Å². The van der Waals surface area contributed by atoms with Gasteiger partial charge in [0.1, 0.15) is 35.1 Å². The number of nitrogens with zero attached hydrogens (tertiary/aromatic N) is 1. The SMILES string of the molecule is COc1cccc2c1C(=O)c1c(O)c3c(c(O)c1C2=O)C[C@@](O)(C(C)=O)C[C@H]3O[C@H]1C[C@@H](NC[C@@]2(O)O[C@@H](C(=O)NCCCN(C)C)[C@@H](O)[C@H]2O)[C@H](O)[C@H](C)O1. The van der Waals surface area contributed by atoms with Gasteiger partial charge in [-0.05, 0) is 47.0 Å². The molecule has 56 heavy (non-hydrogen) atoms. The van der Waals surface area contributed by atoms with Crippen LogP contribution in [0.25, 0.3) is 0 Å². The Morgan fingerprint density at radius 2 is 1.71 bits per heavy atom. The number of rotatable bonds is 12. The van der Waals surface area contributed by atoms with Crippen molar-refractivity contribution in [1.82, 2.24) is 15.5 Å². The Kier molecular flexibility index (Phi) is 11.6. The molecule has 10 atom stereocenters. The van der Waals surface area contributed by atoms with Crippen LogP contribution < -0.4 is 15.4 Å². The van der Waals surface area contributed by atoms with Crippen molar-refractivity contribution >= 4 is 23.3 Å². The topological polar surface area (TPSA) is 274 Å². The number of methoxy groups -OCH3 is 1. The number of aromatic hydroxyl groups is 2. The van der Waals surface area contributed by atoms with Crippen LogP contribution >= 0.6 is 0 Å². The molecule has 2 saturated heterocycles. The molecule has 2 aliphatic carbocycles. The first-order chi connectivity index (χ1) is 26.3. The molecule has 2 aliphatic heterocycles. The highest BCUT2D eigenvalue weighted by molar-refractivity contribution is 6.31. The van der Waals surface area contributed by atoms with Gasteiger partial charge in [0, 0.05) is 48.5 Å². The number of carbonyl (C=O) groups excluding carboxylic acids is 4. The lowest BCUT2D eigenvalue weighted by Gasteiger charge is -2.43. The van der Waals surface area contributed by atoms with Crippen molar-refractivity contribution in [3.63, 3.8) is 0 Å². The maximum Gasteiger partial charge on any atom is 0.252 e. The second kappa shape index (κ2) is 15.7. The summed E-state index contributed by atoms with van der Waals surface area (Å²) in [5.41, 5.74) is -3.71. The lowest BCUT2D eigenvalue weighted by Crippen LogP contribution is -2.59. The lowest BCUT2D eigenvalue weighted by molar-refractivity contribution is -0.255. The Morgan fingerprint density at radius 3 is 2.38 bits per heavy atom. The molecule has 0 bridgehead atoms. The number of aliphatic hydroxyl groups excluding tert-OH is 3. The van der Waals surface area contributed by atoms with Crippen molar-refractivity contribution in [3.8, 4) is 17.2 Å². The van der Waals surface area contributed by atoms with E-state index in [0.29, 0.717) is 13.0 Å². The molecule has 0 unspecified atom stereocenters. The van der Waals surface area contributed by atoms with Gasteiger partial charge in [0.15, 0.2) is 24.0 Å². The van der Waals surface area contributed by atoms with Crippen molar-refractivity contribution in [2.75, 3.05) is 40.8 Å². The number of phenolic OH excluding ortho intramolecular Hbond substituents is 2. The predicted molar refractivity (Wildman–Crippen MR) is 192 cm³/mol. The van der Waals surface area contributed by atoms with Gasteiger partial charge in [-0.15, -0.1) is 0 Å². The van der Waals surface area contributed by atoms with E-state index >= 15 is 0 Å². The summed E-state index contributed by atoms with van der Waals surface area (Å²) in [5.74, 6) is -6.86. The molecule has 9 N–H and O–H groups in total. The Bertz CT molecular complexity index is 1910. The van der Waals surface area contributed by atoms with E-state index in [0.717, 1.165) is 6.92 Å². The number of ketones is 3. The number of aliphatic hydroxyl groups is 5. The minimum atomic E-state index is -2.46. The molecule has 2 fully saturated rings. The number of amides is 1. The van der Waals surface area contributed by atoms with Gasteiger partial charge in [-0.2, -0.15) is 0 Å². The number of nitrogens with one attached hydrogen (secondary N) is 2. The minimum Gasteiger partial charge on any atom is -0.507 e. The zero-order valence-electron chi connectivity index (χ0n) is 31.6. The van der Waals surface area contributed by atoms with Gasteiger partial charge in [0.05, 0.1) is 48.7 Å². The molecular formula is C38H49N3O15. The third-order valence-electron chi connectivity index (χ3n) is 11.1. The highest BCUT2D eigenvalue weighted by Crippen LogP contribution is 2.52. The molecule has 2 aromatic carbocycles. The van der Waals surface area contributed by atoms with E-state index in [2.05, 4.69) is 10.6 Å². The average Bonchev–Trinajstić information content (AvgIpc) is 3.37. The number of carbonyl (C=O) groups is 4. The molecule has 1 amide bonds. The molecule has 0 aromatic heterocycles. The molecule has 306 valence electrons. The van der Waals surface area contributed by atoms with Crippen molar-refractivity contribution in [2.45, 2.75) is 99.9 Å². The molecule has 4 aliphatic rings. The summed E-state index contributed by atoms with van der Waals surface area (Å²) in [6.07, 6.45) is -10.7. The van der Waals surface area contributed by atoms with Gasteiger partial charge in [0.2, 0.25) is 11.6 Å². The zero-order chi connectivity index (χ0) is 41.0. The molecule has 18 heteroatoms. The van der Waals surface area contributed by atoms with Gasteiger partial charge < -0.3 is 70.2 Å². The number of fused-ring (bicyclic) bond motifs is 3. The number of hydrogen-bond donors (Lipinski definition) is 9. The van der Waals surface area contributed by atoms with E-state index in [1.54, 1.807) is 0 Å². The predicted octanol–water partition coefficient (Wildman–Crippen LogP) is -1.46. The molecule has 0 saturated carbocycles. The molecular weight excluding hydrogens is 738 g/mol. The Balaban J connectivity index is 1.24. The number of phenols is 2. The van der Waals surface area contributed by atoms with Crippen molar-refractivity contribution in [3.05, 3.63) is 51.6 Å². The lowest BCUT2D eigenvalue weighted by atomic mass is 9.72. The molecule has 2 heterocycles. The first kappa shape index (κ1) is 41.6. The monoisotopic (exact) mass is 787 g/mol. The minimum absolute atomic E-state index is 0.0626. The molecule has 6 rings (SSSR count). The van der Waals surface area contributed by atoms with Crippen molar-refractivity contribution < 1.29 is 73.9 Å². The van der Waals surface area contributed by atoms with E-state index in [9.17, 15) is 54.9 Å². The summed E-state index contributed by atoms with van der Waals surface area (Å²) in [4.78, 5) is 55.2. The first-order valence-corrected chi connectivity index (χ1v) is 18.3. The summed E-state index contributed by atoms with van der Waals surface area (Å²) in [5, 5.41) is 84.0. The number of Topliss-reactive ketones (excluding diaryl/α,β-unsaturated/α-hetero) is 1. The van der Waals surface area contributed by atoms with Crippen LogP contribution in [0, 0.1) is 0 Å². The number of ether oxygens (including phenoxy) is 4. The second-order valence-corrected chi connectivity index (χ2v) is 15.2. The zero-order valence-corrected chi connectivity index (χ0v) is 31.6. The van der Waals surface area contributed by atoms with E-state index in [1.165, 1.54) is 32.2 Å². The third kappa shape index (κ3) is 7.30. The number of benzene rings is 2.